The average Bonchev–Trinajstić information content (AvgIpc) is 3.33. The molecule has 9 heteroatoms. The lowest BCUT2D eigenvalue weighted by molar-refractivity contribution is -0.132. The van der Waals surface area contributed by atoms with Gasteiger partial charge in [-0.05, 0) is 56.6 Å². The molecule has 0 aromatic rings. The first-order valence-corrected chi connectivity index (χ1v) is 12.8. The van der Waals surface area contributed by atoms with E-state index in [0.717, 1.165) is 37.7 Å². The molecule has 0 saturated carbocycles. The fourth-order valence-corrected chi connectivity index (χ4v) is 6.94. The molecule has 31 heavy (non-hydrogen) atoms. The predicted octanol–water partition coefficient (Wildman–Crippen LogP) is 2.34. The molecule has 0 aromatic heterocycles. The number of amides is 2. The van der Waals surface area contributed by atoms with Crippen LogP contribution in [0.1, 0.15) is 39.5 Å². The molecule has 0 radical (unpaired) electrons. The van der Waals surface area contributed by atoms with E-state index in [1.807, 2.05) is 6.92 Å². The Hall–Kier alpha value is -1.16. The second-order valence-corrected chi connectivity index (χ2v) is 11.5. The number of carbonyl (C=O) groups is 2. The van der Waals surface area contributed by atoms with Gasteiger partial charge in [-0.1, -0.05) is 24.3 Å². The lowest BCUT2D eigenvalue weighted by Gasteiger charge is -2.31. The van der Waals surface area contributed by atoms with E-state index < -0.39 is 0 Å². The quantitative estimate of drug-likeness (QED) is 0.527. The highest BCUT2D eigenvalue weighted by atomic mass is 32.2. The van der Waals surface area contributed by atoms with Crippen molar-refractivity contribution in [3.63, 3.8) is 0 Å². The highest BCUT2D eigenvalue weighted by molar-refractivity contribution is 8.04. The second kappa shape index (κ2) is 10.6. The summed E-state index contributed by atoms with van der Waals surface area (Å²) in [5, 5.41) is 22.2. The summed E-state index contributed by atoms with van der Waals surface area (Å²) in [5.41, 5.74) is 1.42. The van der Waals surface area contributed by atoms with Crippen LogP contribution in [0.2, 0.25) is 0 Å². The number of allylic oxidation sites excluding steroid dienone is 1. The monoisotopic (exact) mass is 469 g/mol. The summed E-state index contributed by atoms with van der Waals surface area (Å²) >= 11 is 2.86. The zero-order valence-electron chi connectivity index (χ0n) is 18.8. The van der Waals surface area contributed by atoms with Crippen LogP contribution < -0.4 is 5.32 Å². The van der Waals surface area contributed by atoms with Gasteiger partial charge in [0, 0.05) is 26.2 Å². The minimum absolute atomic E-state index is 0.0525. The van der Waals surface area contributed by atoms with Gasteiger partial charge in [0.1, 0.15) is 5.09 Å². The first-order valence-electron chi connectivity index (χ1n) is 11.0. The maximum Gasteiger partial charge on any atom is 0.236 e. The van der Waals surface area contributed by atoms with E-state index in [0.29, 0.717) is 18.8 Å². The van der Waals surface area contributed by atoms with Gasteiger partial charge in [-0.3, -0.25) is 9.59 Å². The van der Waals surface area contributed by atoms with E-state index in [4.69, 9.17) is 0 Å². The highest BCUT2D eigenvalue weighted by Gasteiger charge is 2.37. The molecule has 7 nitrogen and oxygen atoms in total. The number of nitrogens with zero attached hydrogens (tertiary/aromatic N) is 2. The highest BCUT2D eigenvalue weighted by Crippen LogP contribution is 2.45. The Morgan fingerprint density at radius 1 is 1.35 bits per heavy atom. The van der Waals surface area contributed by atoms with Crippen LogP contribution in [0.4, 0.5) is 0 Å². The van der Waals surface area contributed by atoms with Crippen LogP contribution in [0.25, 0.3) is 0 Å². The Labute approximate surface area is 193 Å². The molecular weight excluding hydrogens is 434 g/mol. The Kier molecular flexibility index (Phi) is 8.40. The van der Waals surface area contributed by atoms with Crippen LogP contribution in [0.3, 0.4) is 0 Å². The zero-order valence-corrected chi connectivity index (χ0v) is 20.5. The van der Waals surface area contributed by atoms with Crippen LogP contribution in [-0.2, 0) is 9.59 Å². The zero-order chi connectivity index (χ0) is 22.7. The first-order chi connectivity index (χ1) is 14.7. The van der Waals surface area contributed by atoms with Gasteiger partial charge in [0.25, 0.3) is 0 Å². The van der Waals surface area contributed by atoms with Gasteiger partial charge in [-0.15, -0.1) is 11.8 Å². The molecule has 3 heterocycles. The van der Waals surface area contributed by atoms with E-state index in [1.165, 1.54) is 10.5 Å². The summed E-state index contributed by atoms with van der Waals surface area (Å²) in [4.78, 5) is 31.0. The molecule has 2 amide bonds. The van der Waals surface area contributed by atoms with Gasteiger partial charge in [0.05, 0.1) is 23.1 Å². The molecule has 174 valence electrons. The predicted molar refractivity (Wildman–Crippen MR) is 127 cm³/mol. The molecule has 0 aromatic carbocycles. The molecule has 0 fully saturated rings. The summed E-state index contributed by atoms with van der Waals surface area (Å²) in [6.45, 7) is 6.04. The number of hydrogen-bond donors (Lipinski definition) is 3. The van der Waals surface area contributed by atoms with Crippen molar-refractivity contribution in [1.82, 2.24) is 15.1 Å². The lowest BCUT2D eigenvalue weighted by atomic mass is 9.95. The summed E-state index contributed by atoms with van der Waals surface area (Å²) in [7, 11) is 3.91. The molecule has 0 spiro atoms. The van der Waals surface area contributed by atoms with Crippen LogP contribution in [-0.4, -0.2) is 88.2 Å². The van der Waals surface area contributed by atoms with Gasteiger partial charge >= 0.3 is 0 Å². The number of aliphatic hydroxyl groups is 2. The fraction of sp³-hybridized carbons (Fsp3) is 0.727. The normalized spacial score (nSPS) is 28.5. The average molecular weight is 470 g/mol. The minimum atomic E-state index is -0.352. The van der Waals surface area contributed by atoms with E-state index in [-0.39, 0.29) is 46.1 Å². The number of hydrogen-bond acceptors (Lipinski definition) is 7. The van der Waals surface area contributed by atoms with E-state index >= 15 is 0 Å². The van der Waals surface area contributed by atoms with Crippen molar-refractivity contribution in [2.45, 2.75) is 62.1 Å². The third-order valence-corrected chi connectivity index (χ3v) is 8.91. The maximum absolute atomic E-state index is 13.2. The summed E-state index contributed by atoms with van der Waals surface area (Å²) < 4.78 is 0. The van der Waals surface area contributed by atoms with Crippen LogP contribution in [0, 0.1) is 5.92 Å². The van der Waals surface area contributed by atoms with Gasteiger partial charge in [-0.25, -0.2) is 0 Å². The van der Waals surface area contributed by atoms with Crippen molar-refractivity contribution in [2.75, 3.05) is 33.8 Å². The first kappa shape index (κ1) is 24.5. The number of nitrogens with one attached hydrogen (secondary N) is 1. The van der Waals surface area contributed by atoms with Crippen molar-refractivity contribution in [1.29, 1.82) is 0 Å². The topological polar surface area (TPSA) is 93.1 Å². The van der Waals surface area contributed by atoms with E-state index in [2.05, 4.69) is 24.2 Å². The molecule has 3 aliphatic heterocycles. The van der Waals surface area contributed by atoms with Crippen molar-refractivity contribution in [3.05, 3.63) is 21.6 Å². The van der Waals surface area contributed by atoms with Crippen molar-refractivity contribution >= 4 is 35.3 Å². The number of aliphatic hydroxyl groups excluding tert-OH is 2. The van der Waals surface area contributed by atoms with E-state index in [9.17, 15) is 19.8 Å². The number of thioether (sulfide) groups is 2. The Morgan fingerprint density at radius 3 is 2.74 bits per heavy atom. The second-order valence-electron chi connectivity index (χ2n) is 8.99. The molecule has 0 saturated heterocycles. The van der Waals surface area contributed by atoms with Crippen LogP contribution >= 0.6 is 23.5 Å². The Balaban J connectivity index is 1.52. The molecule has 0 aliphatic carbocycles. The standard InChI is InChI=1S/C22H35N3O4S2/c1-13-11-24(3)8-7-17-16(13)10-19(30-17)22(29)25(4)15(12-26)9-14(2)23-21(28)18-5-6-20(27)31-18/h6,13-15,18-19,26-27H,5,7-12H2,1-4H3,(H,23,28)/t13?,14?,15-,18?,19?/m0/s1. The molecule has 3 rings (SSSR count). The molecule has 3 N–H and O–H groups in total. The SMILES string of the molecule is CC(C[C@@H](CO)N(C)C(=O)C1CC2=C(CCN(C)CC2C)S1)NC(=O)C1CC=C(O)S1. The number of likely N-dealkylation sites (N-methyl/N-ethyl adjacent to an activating group) is 1. The lowest BCUT2D eigenvalue weighted by Crippen LogP contribution is -2.48. The van der Waals surface area contributed by atoms with Gasteiger partial charge in [0.15, 0.2) is 0 Å². The third kappa shape index (κ3) is 6.00. The van der Waals surface area contributed by atoms with Gasteiger partial charge in [0.2, 0.25) is 11.8 Å². The third-order valence-electron chi connectivity index (χ3n) is 6.41. The molecule has 5 atom stereocenters. The van der Waals surface area contributed by atoms with Crippen molar-refractivity contribution < 1.29 is 19.8 Å². The molecule has 4 unspecified atom stereocenters. The van der Waals surface area contributed by atoms with Crippen LogP contribution in [0.5, 0.6) is 0 Å². The number of rotatable bonds is 7. The van der Waals surface area contributed by atoms with E-state index in [1.54, 1.807) is 29.8 Å². The Morgan fingerprint density at radius 2 is 2.10 bits per heavy atom. The van der Waals surface area contributed by atoms with Gasteiger partial charge < -0.3 is 25.3 Å². The minimum Gasteiger partial charge on any atom is -0.502 e. The molecule has 3 aliphatic rings. The smallest absolute Gasteiger partial charge is 0.236 e. The van der Waals surface area contributed by atoms with Gasteiger partial charge in [-0.2, -0.15) is 0 Å². The number of carbonyl (C=O) groups excluding carboxylic acids is 2. The summed E-state index contributed by atoms with van der Waals surface area (Å²) in [5.74, 6) is 0.391. The largest absolute Gasteiger partial charge is 0.502 e. The molecule has 0 bridgehead atoms. The van der Waals surface area contributed by atoms with Crippen molar-refractivity contribution in [3.8, 4) is 0 Å². The summed E-state index contributed by atoms with van der Waals surface area (Å²) in [6.07, 6.45) is 4.44. The Bertz CT molecular complexity index is 757. The maximum atomic E-state index is 13.2. The van der Waals surface area contributed by atoms with Crippen molar-refractivity contribution in [2.24, 2.45) is 5.92 Å². The van der Waals surface area contributed by atoms with Crippen LogP contribution in [0.15, 0.2) is 21.6 Å². The summed E-state index contributed by atoms with van der Waals surface area (Å²) in [6, 6.07) is -0.542. The molecular formula is C22H35N3O4S2. The fourth-order valence-electron chi connectivity index (χ4n) is 4.57.